The number of carbonyl (C=O) groups is 1. The molecule has 1 aromatic rings. The van der Waals surface area contributed by atoms with Gasteiger partial charge in [-0.05, 0) is 12.8 Å². The molecule has 0 saturated heterocycles. The average molecular weight is 226 g/mol. The van der Waals surface area contributed by atoms with Gasteiger partial charge < -0.3 is 10.4 Å². The molecule has 0 aliphatic carbocycles. The molecular weight excluding hydrogens is 208 g/mol. The summed E-state index contributed by atoms with van der Waals surface area (Å²) in [5.74, 6) is 0.0233. The minimum absolute atomic E-state index is 0.0620. The minimum Gasteiger partial charge on any atom is -0.394 e. The van der Waals surface area contributed by atoms with Crippen LogP contribution in [0.3, 0.4) is 0 Å². The minimum atomic E-state index is -0.421. The largest absolute Gasteiger partial charge is 0.394 e. The van der Waals surface area contributed by atoms with E-state index in [1.165, 1.54) is 17.3 Å². The highest BCUT2D eigenvalue weighted by molar-refractivity contribution is 5.80. The number of amides is 1. The van der Waals surface area contributed by atoms with Crippen LogP contribution in [0.15, 0.2) is 12.7 Å². The quantitative estimate of drug-likeness (QED) is 0.739. The summed E-state index contributed by atoms with van der Waals surface area (Å²) in [6.07, 6.45) is 2.88. The molecule has 6 nitrogen and oxygen atoms in total. The first kappa shape index (κ1) is 12.6. The molecule has 0 spiro atoms. The normalized spacial score (nSPS) is 14.8. The van der Waals surface area contributed by atoms with Gasteiger partial charge in [0.15, 0.2) is 0 Å². The van der Waals surface area contributed by atoms with Crippen LogP contribution in [-0.4, -0.2) is 38.4 Å². The number of aromatic nitrogens is 3. The highest BCUT2D eigenvalue weighted by atomic mass is 16.3. The first-order chi connectivity index (χ1) is 7.56. The molecule has 0 aromatic carbocycles. The lowest BCUT2D eigenvalue weighted by Gasteiger charge is -2.22. The van der Waals surface area contributed by atoms with Crippen molar-refractivity contribution in [2.75, 3.05) is 6.61 Å². The monoisotopic (exact) mass is 226 g/mol. The predicted molar refractivity (Wildman–Crippen MR) is 58.6 cm³/mol. The molecule has 2 N–H and O–H groups in total. The number of hydrogen-bond donors (Lipinski definition) is 2. The molecule has 0 fully saturated rings. The molecule has 2 atom stereocenters. The number of aliphatic hydroxyl groups excluding tert-OH is 1. The molecule has 0 aliphatic heterocycles. The van der Waals surface area contributed by atoms with Crippen LogP contribution < -0.4 is 5.32 Å². The highest BCUT2D eigenvalue weighted by Crippen LogP contribution is 2.06. The Morgan fingerprint density at radius 1 is 1.50 bits per heavy atom. The Morgan fingerprint density at radius 2 is 2.19 bits per heavy atom. The first-order valence-corrected chi connectivity index (χ1v) is 5.31. The number of hydrogen-bond acceptors (Lipinski definition) is 4. The summed E-state index contributed by atoms with van der Waals surface area (Å²) in [5.41, 5.74) is 0. The smallest absolute Gasteiger partial charge is 0.244 e. The molecule has 1 amide bonds. The molecule has 90 valence electrons. The van der Waals surface area contributed by atoms with Gasteiger partial charge in [0.2, 0.25) is 5.91 Å². The predicted octanol–water partition coefficient (Wildman–Crippen LogP) is -0.0278. The van der Waals surface area contributed by atoms with Crippen LogP contribution in [0.1, 0.15) is 26.8 Å². The third kappa shape index (κ3) is 3.03. The Labute approximate surface area is 94.7 Å². The van der Waals surface area contributed by atoms with Crippen LogP contribution in [0, 0.1) is 5.92 Å². The van der Waals surface area contributed by atoms with Crippen LogP contribution >= 0.6 is 0 Å². The number of aliphatic hydroxyl groups is 1. The van der Waals surface area contributed by atoms with Crippen molar-refractivity contribution in [2.45, 2.75) is 32.9 Å². The topological polar surface area (TPSA) is 80.0 Å². The molecule has 1 heterocycles. The van der Waals surface area contributed by atoms with Crippen molar-refractivity contribution in [1.82, 2.24) is 20.1 Å². The van der Waals surface area contributed by atoms with Gasteiger partial charge in [0.1, 0.15) is 18.7 Å². The van der Waals surface area contributed by atoms with Gasteiger partial charge in [-0.15, -0.1) is 0 Å². The summed E-state index contributed by atoms with van der Waals surface area (Å²) in [7, 11) is 0. The summed E-state index contributed by atoms with van der Waals surface area (Å²) < 4.78 is 1.48. The van der Waals surface area contributed by atoms with Crippen LogP contribution in [0.5, 0.6) is 0 Å². The van der Waals surface area contributed by atoms with Crippen LogP contribution in [-0.2, 0) is 4.79 Å². The fourth-order valence-electron chi connectivity index (χ4n) is 1.26. The van der Waals surface area contributed by atoms with Gasteiger partial charge >= 0.3 is 0 Å². The fraction of sp³-hybridized carbons (Fsp3) is 0.700. The molecule has 1 unspecified atom stereocenters. The van der Waals surface area contributed by atoms with E-state index in [0.717, 1.165) is 0 Å². The van der Waals surface area contributed by atoms with E-state index in [9.17, 15) is 4.79 Å². The molecule has 16 heavy (non-hydrogen) atoms. The molecule has 0 saturated carbocycles. The zero-order chi connectivity index (χ0) is 12.1. The number of carbonyl (C=O) groups excluding carboxylic acids is 1. The Balaban J connectivity index is 2.58. The van der Waals surface area contributed by atoms with Crippen molar-refractivity contribution < 1.29 is 9.90 Å². The van der Waals surface area contributed by atoms with Crippen molar-refractivity contribution >= 4 is 5.91 Å². The standard InChI is InChI=1S/C10H18N4O2/c1-7(2)9(4-15)13-10(16)8(3)14-6-11-5-12-14/h5-9,15H,4H2,1-3H3,(H,13,16)/t8?,9-/m1/s1. The van der Waals surface area contributed by atoms with Gasteiger partial charge in [0.05, 0.1) is 12.6 Å². The molecule has 0 aliphatic rings. The summed E-state index contributed by atoms with van der Waals surface area (Å²) >= 11 is 0. The Morgan fingerprint density at radius 3 is 2.62 bits per heavy atom. The molecule has 1 aromatic heterocycles. The molecule has 0 bridgehead atoms. The van der Waals surface area contributed by atoms with Gasteiger partial charge in [-0.3, -0.25) is 4.79 Å². The van der Waals surface area contributed by atoms with Crippen molar-refractivity contribution in [2.24, 2.45) is 5.92 Å². The Hall–Kier alpha value is -1.43. The maximum atomic E-state index is 11.8. The van der Waals surface area contributed by atoms with E-state index in [4.69, 9.17) is 5.11 Å². The van der Waals surface area contributed by atoms with Crippen LogP contribution in [0.25, 0.3) is 0 Å². The summed E-state index contributed by atoms with van der Waals surface area (Å²) in [6, 6.07) is -0.645. The second-order valence-electron chi connectivity index (χ2n) is 4.09. The second-order valence-corrected chi connectivity index (χ2v) is 4.09. The van der Waals surface area contributed by atoms with Crippen LogP contribution in [0.2, 0.25) is 0 Å². The van der Waals surface area contributed by atoms with Crippen molar-refractivity contribution in [3.05, 3.63) is 12.7 Å². The van der Waals surface area contributed by atoms with Gasteiger partial charge in [-0.25, -0.2) is 9.67 Å². The van der Waals surface area contributed by atoms with E-state index >= 15 is 0 Å². The second kappa shape index (κ2) is 5.60. The summed E-state index contributed by atoms with van der Waals surface area (Å²) in [4.78, 5) is 15.6. The lowest BCUT2D eigenvalue weighted by Crippen LogP contribution is -2.44. The fourth-order valence-corrected chi connectivity index (χ4v) is 1.26. The average Bonchev–Trinajstić information content (AvgIpc) is 2.77. The van der Waals surface area contributed by atoms with Gasteiger partial charge in [0, 0.05) is 0 Å². The molecule has 0 radical (unpaired) electrons. The maximum absolute atomic E-state index is 11.8. The lowest BCUT2D eigenvalue weighted by molar-refractivity contribution is -0.125. The highest BCUT2D eigenvalue weighted by Gasteiger charge is 2.20. The Bertz CT molecular complexity index is 324. The van der Waals surface area contributed by atoms with Crippen molar-refractivity contribution in [3.63, 3.8) is 0 Å². The van der Waals surface area contributed by atoms with E-state index in [2.05, 4.69) is 15.4 Å². The molecular formula is C10H18N4O2. The number of rotatable bonds is 5. The maximum Gasteiger partial charge on any atom is 0.244 e. The molecule has 6 heteroatoms. The number of nitrogens with zero attached hydrogens (tertiary/aromatic N) is 3. The van der Waals surface area contributed by atoms with Crippen molar-refractivity contribution in [3.8, 4) is 0 Å². The van der Waals surface area contributed by atoms with Crippen LogP contribution in [0.4, 0.5) is 0 Å². The third-order valence-electron chi connectivity index (χ3n) is 2.54. The lowest BCUT2D eigenvalue weighted by atomic mass is 10.1. The van der Waals surface area contributed by atoms with Crippen molar-refractivity contribution in [1.29, 1.82) is 0 Å². The zero-order valence-electron chi connectivity index (χ0n) is 9.79. The Kier molecular flexibility index (Phi) is 4.42. The third-order valence-corrected chi connectivity index (χ3v) is 2.54. The number of nitrogens with one attached hydrogen (secondary N) is 1. The summed E-state index contributed by atoms with van der Waals surface area (Å²) in [6.45, 7) is 5.56. The first-order valence-electron chi connectivity index (χ1n) is 5.31. The van der Waals surface area contributed by atoms with E-state index in [1.54, 1.807) is 6.92 Å². The molecule has 1 rings (SSSR count). The van der Waals surface area contributed by atoms with E-state index in [0.29, 0.717) is 0 Å². The van der Waals surface area contributed by atoms with E-state index in [1.807, 2.05) is 13.8 Å². The van der Waals surface area contributed by atoms with E-state index in [-0.39, 0.29) is 24.5 Å². The summed E-state index contributed by atoms with van der Waals surface area (Å²) in [5, 5.41) is 15.8. The van der Waals surface area contributed by atoms with Gasteiger partial charge in [-0.2, -0.15) is 5.10 Å². The van der Waals surface area contributed by atoms with Gasteiger partial charge in [-0.1, -0.05) is 13.8 Å². The van der Waals surface area contributed by atoms with Gasteiger partial charge in [0.25, 0.3) is 0 Å². The zero-order valence-corrected chi connectivity index (χ0v) is 9.79. The SMILES string of the molecule is CC(C)[C@@H](CO)NC(=O)C(C)n1cncn1. The van der Waals surface area contributed by atoms with E-state index < -0.39 is 6.04 Å².